The second-order valence-corrected chi connectivity index (χ2v) is 15.0. The van der Waals surface area contributed by atoms with Crippen LogP contribution in [0.4, 0.5) is 23.3 Å². The van der Waals surface area contributed by atoms with E-state index < -0.39 is 0 Å². The molecule has 6 N–H and O–H groups in total. The van der Waals surface area contributed by atoms with Gasteiger partial charge in [0.1, 0.15) is 23.3 Å². The number of rotatable bonds is 8. The quantitative estimate of drug-likeness (QED) is 0.115. The normalized spacial score (nSPS) is 17.9. The van der Waals surface area contributed by atoms with Crippen LogP contribution in [-0.2, 0) is 9.59 Å². The van der Waals surface area contributed by atoms with E-state index in [9.17, 15) is 9.59 Å². The lowest BCUT2D eigenvalue weighted by molar-refractivity contribution is -0.118. The van der Waals surface area contributed by atoms with E-state index in [1.807, 2.05) is 62.4 Å². The molecule has 0 spiro atoms. The van der Waals surface area contributed by atoms with Gasteiger partial charge >= 0.3 is 0 Å². The average Bonchev–Trinajstić information content (AvgIpc) is 4.09. The van der Waals surface area contributed by atoms with Gasteiger partial charge in [0.2, 0.25) is 11.8 Å². The summed E-state index contributed by atoms with van der Waals surface area (Å²) in [6.45, 7) is 3.93. The summed E-state index contributed by atoms with van der Waals surface area (Å²) in [6.07, 6.45) is 5.53. The number of benzene rings is 2. The molecule has 4 atom stereocenters. The molecule has 2 saturated carbocycles. The van der Waals surface area contributed by atoms with Crippen molar-refractivity contribution in [1.82, 2.24) is 19.9 Å². The fraction of sp³-hybridized carbons (Fsp3) is 0.238. The van der Waals surface area contributed by atoms with Crippen molar-refractivity contribution < 1.29 is 9.59 Å². The molecule has 2 aromatic carbocycles. The van der Waals surface area contributed by atoms with Crippen molar-refractivity contribution in [2.24, 2.45) is 23.7 Å². The highest BCUT2D eigenvalue weighted by Gasteiger charge is 2.43. The molecule has 6 aromatic rings. The van der Waals surface area contributed by atoms with Gasteiger partial charge in [-0.3, -0.25) is 9.59 Å². The summed E-state index contributed by atoms with van der Waals surface area (Å²) in [5.74, 6) is 1.50. The first-order valence-electron chi connectivity index (χ1n) is 17.9. The van der Waals surface area contributed by atoms with E-state index in [1.54, 1.807) is 24.5 Å². The average molecular weight is 784 g/mol. The molecule has 8 rings (SSSR count). The van der Waals surface area contributed by atoms with Crippen LogP contribution < -0.4 is 22.1 Å². The summed E-state index contributed by atoms with van der Waals surface area (Å²) in [4.78, 5) is 42.2. The summed E-state index contributed by atoms with van der Waals surface area (Å²) < 4.78 is 0. The largest absolute Gasteiger partial charge is 0.383 e. The fourth-order valence-corrected chi connectivity index (χ4v) is 7.55. The number of hydrogen-bond donors (Lipinski definition) is 4. The van der Waals surface area contributed by atoms with E-state index in [-0.39, 0.29) is 35.5 Å². The molecule has 2 aliphatic rings. The number of aromatic nitrogens is 4. The highest BCUT2D eigenvalue weighted by atomic mass is 35.5. The molecule has 0 saturated heterocycles. The van der Waals surface area contributed by atoms with Gasteiger partial charge in [0.05, 0.1) is 33.6 Å². The van der Waals surface area contributed by atoms with E-state index in [0.717, 1.165) is 45.9 Å². The van der Waals surface area contributed by atoms with Crippen molar-refractivity contribution in [3.8, 4) is 34.7 Å². The number of carbonyl (C=O) groups is 2. The van der Waals surface area contributed by atoms with Crippen LogP contribution in [0.25, 0.3) is 44.1 Å². The number of aryl methyl sites for hydroxylation is 2. The number of amides is 2. The Kier molecular flexibility index (Phi) is 10.7. The number of halogens is 2. The second kappa shape index (κ2) is 15.8. The number of hydrogen-bond acceptors (Lipinski definition) is 10. The van der Waals surface area contributed by atoms with Gasteiger partial charge in [0.15, 0.2) is 0 Å². The zero-order chi connectivity index (χ0) is 39.7. The Morgan fingerprint density at radius 1 is 0.714 bits per heavy atom. The Morgan fingerprint density at radius 3 is 1.50 bits per heavy atom. The predicted octanol–water partition coefficient (Wildman–Crippen LogP) is 8.66. The smallest absolute Gasteiger partial charge is 0.228 e. The number of nitriles is 2. The van der Waals surface area contributed by atoms with Gasteiger partial charge in [-0.1, -0.05) is 47.5 Å². The molecule has 0 aliphatic heterocycles. The molecule has 2 fully saturated rings. The minimum atomic E-state index is -0.110. The minimum absolute atomic E-state index is 0.101. The molecule has 0 unspecified atom stereocenters. The maximum atomic E-state index is 12.3. The first kappa shape index (κ1) is 38.0. The number of carbonyl (C=O) groups excluding carboxylic acids is 2. The zero-order valence-corrected chi connectivity index (χ0v) is 32.0. The Morgan fingerprint density at radius 2 is 1.12 bits per heavy atom. The molecule has 2 amide bonds. The van der Waals surface area contributed by atoms with Crippen LogP contribution in [0.2, 0.25) is 10.0 Å². The van der Waals surface area contributed by atoms with E-state index in [1.165, 1.54) is 0 Å². The van der Waals surface area contributed by atoms with E-state index in [2.05, 4.69) is 42.7 Å². The molecular formula is C42H36Cl2N10O2. The molecule has 4 heterocycles. The SMILES string of the molecule is Cc1cccc(Cl)c1-c1cc2cc(NC(=O)[C@@H]3C[C@H]3CC#N)ncc2c(N)n1.Cc1cccc(Cl)c1-c1cc2cc(NC(=O)[C@H]3C[C@@H]3CC#N)ncc2c(N)n1. The third-order valence-electron chi connectivity index (χ3n) is 10.2. The summed E-state index contributed by atoms with van der Waals surface area (Å²) in [7, 11) is 0. The molecule has 12 nitrogen and oxygen atoms in total. The molecule has 280 valence electrons. The number of fused-ring (bicyclic) bond motifs is 2. The number of nitrogens with zero attached hydrogens (tertiary/aromatic N) is 6. The van der Waals surface area contributed by atoms with Gasteiger partial charge in [0.25, 0.3) is 0 Å². The fourth-order valence-electron chi connectivity index (χ4n) is 6.91. The standard InChI is InChI=1S/2C21H18ClN5O/c2*1-11-3-2-4-16(22)19(11)17-8-13-9-18(25-10-15(13)20(24)26-17)27-21(28)14-7-12(14)5-6-23/h2*2-4,8-10,12,14H,5,7H2,1H3,(H2,24,26)(H,25,27,28)/t2*12-,14-/m10/s1. The first-order valence-corrected chi connectivity index (χ1v) is 18.7. The number of anilines is 4. The molecular weight excluding hydrogens is 747 g/mol. The van der Waals surface area contributed by atoms with Crippen molar-refractivity contribution in [3.63, 3.8) is 0 Å². The van der Waals surface area contributed by atoms with Crippen LogP contribution in [-0.4, -0.2) is 31.8 Å². The van der Waals surface area contributed by atoms with Crippen molar-refractivity contribution in [2.45, 2.75) is 39.5 Å². The Labute approximate surface area is 332 Å². The predicted molar refractivity (Wildman–Crippen MR) is 219 cm³/mol. The lowest BCUT2D eigenvalue weighted by atomic mass is 10.0. The topological polar surface area (TPSA) is 209 Å². The molecule has 0 radical (unpaired) electrons. The number of nitrogens with two attached hydrogens (primary N) is 2. The van der Waals surface area contributed by atoms with E-state index >= 15 is 0 Å². The third kappa shape index (κ3) is 8.03. The Hall–Kier alpha value is -6.34. The van der Waals surface area contributed by atoms with Crippen molar-refractivity contribution in [3.05, 3.63) is 94.2 Å². The number of nitrogen functional groups attached to an aromatic ring is 2. The minimum Gasteiger partial charge on any atom is -0.383 e. The van der Waals surface area contributed by atoms with Crippen LogP contribution in [0.1, 0.15) is 36.8 Å². The zero-order valence-electron chi connectivity index (χ0n) is 30.5. The second-order valence-electron chi connectivity index (χ2n) is 14.1. The van der Waals surface area contributed by atoms with Gasteiger partial charge in [-0.15, -0.1) is 0 Å². The highest BCUT2D eigenvalue weighted by molar-refractivity contribution is 6.34. The monoisotopic (exact) mass is 782 g/mol. The van der Waals surface area contributed by atoms with Crippen LogP contribution in [0.5, 0.6) is 0 Å². The van der Waals surface area contributed by atoms with Crippen LogP contribution in [0, 0.1) is 60.2 Å². The summed E-state index contributed by atoms with van der Waals surface area (Å²) >= 11 is 12.8. The van der Waals surface area contributed by atoms with Gasteiger partial charge < -0.3 is 22.1 Å². The number of nitrogens with one attached hydrogen (secondary N) is 2. The Bertz CT molecular complexity index is 2420. The number of pyridine rings is 4. The van der Waals surface area contributed by atoms with Gasteiger partial charge in [-0.05, 0) is 96.8 Å². The van der Waals surface area contributed by atoms with Gasteiger partial charge in [-0.2, -0.15) is 10.5 Å². The Balaban J connectivity index is 0.000000172. The van der Waals surface area contributed by atoms with Crippen LogP contribution >= 0.6 is 23.2 Å². The van der Waals surface area contributed by atoms with E-state index in [4.69, 9.17) is 45.2 Å². The highest BCUT2D eigenvalue weighted by Crippen LogP contribution is 2.43. The molecule has 0 bridgehead atoms. The van der Waals surface area contributed by atoms with E-state index in [0.29, 0.717) is 68.3 Å². The van der Waals surface area contributed by atoms with Crippen LogP contribution in [0.15, 0.2) is 73.1 Å². The summed E-state index contributed by atoms with van der Waals surface area (Å²) in [5.41, 5.74) is 17.3. The third-order valence-corrected chi connectivity index (χ3v) is 10.8. The first-order chi connectivity index (χ1) is 26.9. The van der Waals surface area contributed by atoms with Gasteiger partial charge in [-0.25, -0.2) is 19.9 Å². The lowest BCUT2D eigenvalue weighted by Crippen LogP contribution is -2.15. The summed E-state index contributed by atoms with van der Waals surface area (Å²) in [6, 6.07) is 22.9. The van der Waals surface area contributed by atoms with Crippen molar-refractivity contribution in [1.29, 1.82) is 10.5 Å². The maximum absolute atomic E-state index is 12.3. The van der Waals surface area contributed by atoms with Crippen molar-refractivity contribution in [2.75, 3.05) is 22.1 Å². The summed E-state index contributed by atoms with van der Waals surface area (Å²) in [5, 5.41) is 27.4. The molecule has 56 heavy (non-hydrogen) atoms. The van der Waals surface area contributed by atoms with Gasteiger partial charge in [0, 0.05) is 59.0 Å². The molecule has 4 aromatic heterocycles. The lowest BCUT2D eigenvalue weighted by Gasteiger charge is -2.11. The van der Waals surface area contributed by atoms with Crippen LogP contribution in [0.3, 0.4) is 0 Å². The molecule has 14 heteroatoms. The van der Waals surface area contributed by atoms with Crippen molar-refractivity contribution >= 4 is 79.8 Å². The maximum Gasteiger partial charge on any atom is 0.228 e. The molecule has 2 aliphatic carbocycles.